The zero-order valence-corrected chi connectivity index (χ0v) is 11.1. The SMILES string of the molecule is Cc1cc2c(cc1F)nc(N)n2-c1c(C)cccc1F. The zero-order valence-electron chi connectivity index (χ0n) is 11.1. The number of para-hydroxylation sites is 1. The van der Waals surface area contributed by atoms with E-state index in [4.69, 9.17) is 5.73 Å². The third-order valence-electron chi connectivity index (χ3n) is 3.37. The minimum atomic E-state index is -0.391. The van der Waals surface area contributed by atoms with Gasteiger partial charge in [-0.1, -0.05) is 12.1 Å². The van der Waals surface area contributed by atoms with Gasteiger partial charge >= 0.3 is 0 Å². The van der Waals surface area contributed by atoms with Crippen LogP contribution in [-0.4, -0.2) is 9.55 Å². The normalized spacial score (nSPS) is 11.2. The average Bonchev–Trinajstić information content (AvgIpc) is 2.67. The van der Waals surface area contributed by atoms with Crippen LogP contribution in [0.25, 0.3) is 16.7 Å². The molecule has 5 heteroatoms. The zero-order chi connectivity index (χ0) is 14.4. The number of nitrogens with two attached hydrogens (primary N) is 1. The van der Waals surface area contributed by atoms with Gasteiger partial charge in [-0.25, -0.2) is 13.8 Å². The van der Waals surface area contributed by atoms with Crippen LogP contribution in [0.4, 0.5) is 14.7 Å². The number of rotatable bonds is 1. The third-order valence-corrected chi connectivity index (χ3v) is 3.37. The third kappa shape index (κ3) is 1.74. The number of aromatic nitrogens is 2. The molecular formula is C15H13F2N3. The molecule has 102 valence electrons. The number of hydrogen-bond donors (Lipinski definition) is 1. The predicted molar refractivity (Wildman–Crippen MR) is 74.9 cm³/mol. The first-order valence-corrected chi connectivity index (χ1v) is 6.18. The Balaban J connectivity index is 2.42. The van der Waals surface area contributed by atoms with Crippen LogP contribution in [0.5, 0.6) is 0 Å². The van der Waals surface area contributed by atoms with Crippen LogP contribution in [0, 0.1) is 25.5 Å². The van der Waals surface area contributed by atoms with Crippen LogP contribution in [0.2, 0.25) is 0 Å². The molecule has 20 heavy (non-hydrogen) atoms. The smallest absolute Gasteiger partial charge is 0.206 e. The summed E-state index contributed by atoms with van der Waals surface area (Å²) < 4.78 is 29.2. The lowest BCUT2D eigenvalue weighted by Gasteiger charge is -2.11. The maximum absolute atomic E-state index is 14.1. The lowest BCUT2D eigenvalue weighted by molar-refractivity contribution is 0.617. The molecule has 0 fully saturated rings. The quantitative estimate of drug-likeness (QED) is 0.737. The van der Waals surface area contributed by atoms with Crippen LogP contribution in [0.15, 0.2) is 30.3 Å². The van der Waals surface area contributed by atoms with E-state index < -0.39 is 5.82 Å². The van der Waals surface area contributed by atoms with Crippen LogP contribution >= 0.6 is 0 Å². The van der Waals surface area contributed by atoms with E-state index in [1.807, 2.05) is 0 Å². The predicted octanol–water partition coefficient (Wildman–Crippen LogP) is 3.50. The fourth-order valence-electron chi connectivity index (χ4n) is 2.36. The van der Waals surface area contributed by atoms with Crippen molar-refractivity contribution in [2.75, 3.05) is 5.73 Å². The summed E-state index contributed by atoms with van der Waals surface area (Å²) in [5, 5.41) is 0. The summed E-state index contributed by atoms with van der Waals surface area (Å²) in [4.78, 5) is 4.11. The first kappa shape index (κ1) is 12.6. The Labute approximate surface area is 114 Å². The lowest BCUT2D eigenvalue weighted by atomic mass is 10.1. The summed E-state index contributed by atoms with van der Waals surface area (Å²) in [5.74, 6) is -0.608. The number of fused-ring (bicyclic) bond motifs is 1. The van der Waals surface area contributed by atoms with Gasteiger partial charge in [0.2, 0.25) is 5.95 Å². The van der Waals surface area contributed by atoms with Crippen molar-refractivity contribution in [2.24, 2.45) is 0 Å². The van der Waals surface area contributed by atoms with E-state index in [0.717, 1.165) is 5.56 Å². The fourth-order valence-corrected chi connectivity index (χ4v) is 2.36. The maximum Gasteiger partial charge on any atom is 0.206 e. The van der Waals surface area contributed by atoms with Gasteiger partial charge in [0, 0.05) is 6.07 Å². The first-order chi connectivity index (χ1) is 9.49. The molecule has 0 aliphatic carbocycles. The Morgan fingerprint density at radius 1 is 1.05 bits per heavy atom. The molecule has 0 aliphatic heterocycles. The number of hydrogen-bond acceptors (Lipinski definition) is 2. The molecule has 2 N–H and O–H groups in total. The fraction of sp³-hybridized carbons (Fsp3) is 0.133. The van der Waals surface area contributed by atoms with Crippen molar-refractivity contribution in [1.29, 1.82) is 0 Å². The highest BCUT2D eigenvalue weighted by Gasteiger charge is 2.16. The second kappa shape index (κ2) is 4.30. The number of nitrogen functional groups attached to an aromatic ring is 1. The van der Waals surface area contributed by atoms with Crippen molar-refractivity contribution in [1.82, 2.24) is 9.55 Å². The topological polar surface area (TPSA) is 43.8 Å². The minimum absolute atomic E-state index is 0.137. The Kier molecular flexibility index (Phi) is 2.71. The molecule has 1 heterocycles. The van der Waals surface area contributed by atoms with E-state index in [2.05, 4.69) is 4.98 Å². The monoisotopic (exact) mass is 273 g/mol. The van der Waals surface area contributed by atoms with Crippen molar-refractivity contribution in [2.45, 2.75) is 13.8 Å². The van der Waals surface area contributed by atoms with Crippen LogP contribution in [0.3, 0.4) is 0 Å². The molecule has 3 aromatic rings. The molecule has 0 radical (unpaired) electrons. The summed E-state index contributed by atoms with van der Waals surface area (Å²) in [6.07, 6.45) is 0. The molecular weight excluding hydrogens is 260 g/mol. The van der Waals surface area contributed by atoms with Crippen LogP contribution in [0.1, 0.15) is 11.1 Å². The summed E-state index contributed by atoms with van der Waals surface area (Å²) >= 11 is 0. The molecule has 1 aromatic heterocycles. The Morgan fingerprint density at radius 3 is 2.50 bits per heavy atom. The van der Waals surface area contributed by atoms with Gasteiger partial charge in [-0.05, 0) is 37.1 Å². The minimum Gasteiger partial charge on any atom is -0.369 e. The Bertz CT molecular complexity index is 801. The van der Waals surface area contributed by atoms with Crippen molar-refractivity contribution in [3.8, 4) is 5.69 Å². The number of halogens is 2. The molecule has 0 bridgehead atoms. The van der Waals surface area contributed by atoms with Gasteiger partial charge in [-0.15, -0.1) is 0 Å². The molecule has 0 aliphatic rings. The van der Waals surface area contributed by atoms with Crippen molar-refractivity contribution >= 4 is 17.0 Å². The lowest BCUT2D eigenvalue weighted by Crippen LogP contribution is -2.05. The molecule has 3 rings (SSSR count). The van der Waals surface area contributed by atoms with Crippen LogP contribution in [-0.2, 0) is 0 Å². The van der Waals surface area contributed by atoms with Gasteiger partial charge in [0.25, 0.3) is 0 Å². The van der Waals surface area contributed by atoms with Gasteiger partial charge in [0.15, 0.2) is 0 Å². The van der Waals surface area contributed by atoms with Gasteiger partial charge in [-0.3, -0.25) is 4.57 Å². The Hall–Kier alpha value is -2.43. The van der Waals surface area contributed by atoms with E-state index >= 15 is 0 Å². The van der Waals surface area contributed by atoms with Crippen LogP contribution < -0.4 is 5.73 Å². The maximum atomic E-state index is 14.1. The molecule has 2 aromatic carbocycles. The van der Waals surface area contributed by atoms with E-state index in [-0.39, 0.29) is 11.8 Å². The summed E-state index contributed by atoms with van der Waals surface area (Å²) in [5.41, 5.74) is 8.43. The molecule has 0 unspecified atom stereocenters. The second-order valence-electron chi connectivity index (χ2n) is 4.80. The highest BCUT2D eigenvalue weighted by molar-refractivity contribution is 5.82. The number of nitrogens with zero attached hydrogens (tertiary/aromatic N) is 2. The van der Waals surface area contributed by atoms with E-state index in [0.29, 0.717) is 22.3 Å². The molecule has 0 saturated heterocycles. The molecule has 3 nitrogen and oxygen atoms in total. The molecule has 0 saturated carbocycles. The summed E-state index contributed by atoms with van der Waals surface area (Å²) in [7, 11) is 0. The van der Waals surface area contributed by atoms with Crippen molar-refractivity contribution in [3.05, 3.63) is 53.1 Å². The molecule has 0 atom stereocenters. The van der Waals surface area contributed by atoms with E-state index in [1.54, 1.807) is 32.0 Å². The highest BCUT2D eigenvalue weighted by atomic mass is 19.1. The Morgan fingerprint density at radius 2 is 1.80 bits per heavy atom. The standard InChI is InChI=1S/C15H13F2N3/c1-8-4-3-5-10(16)14(8)20-13-6-9(2)11(17)7-12(13)19-15(20)18/h3-7H,1-2H3,(H2,18,19). The van der Waals surface area contributed by atoms with Crippen molar-refractivity contribution in [3.63, 3.8) is 0 Å². The van der Waals surface area contributed by atoms with Gasteiger partial charge in [0.05, 0.1) is 16.7 Å². The number of imidazole rings is 1. The highest BCUT2D eigenvalue weighted by Crippen LogP contribution is 2.28. The number of anilines is 1. The van der Waals surface area contributed by atoms with Crippen molar-refractivity contribution < 1.29 is 8.78 Å². The van der Waals surface area contributed by atoms with Gasteiger partial charge in [-0.2, -0.15) is 0 Å². The largest absolute Gasteiger partial charge is 0.369 e. The summed E-state index contributed by atoms with van der Waals surface area (Å²) in [6.45, 7) is 3.44. The van der Waals surface area contributed by atoms with Gasteiger partial charge in [0.1, 0.15) is 11.6 Å². The number of aryl methyl sites for hydroxylation is 2. The van der Waals surface area contributed by atoms with Gasteiger partial charge < -0.3 is 5.73 Å². The molecule has 0 amide bonds. The summed E-state index contributed by atoms with van der Waals surface area (Å²) in [6, 6.07) is 7.73. The molecule has 0 spiro atoms. The number of benzene rings is 2. The average molecular weight is 273 g/mol. The van der Waals surface area contributed by atoms with E-state index in [1.165, 1.54) is 16.7 Å². The first-order valence-electron chi connectivity index (χ1n) is 6.18. The second-order valence-corrected chi connectivity index (χ2v) is 4.80. The van der Waals surface area contributed by atoms with E-state index in [9.17, 15) is 8.78 Å².